The van der Waals surface area contributed by atoms with E-state index in [2.05, 4.69) is 5.32 Å². The number of carbonyl (C=O) groups is 1. The maximum Gasteiger partial charge on any atom is 0.263 e. The Kier molecular flexibility index (Phi) is 7.02. The third kappa shape index (κ3) is 5.05. The SMILES string of the molecule is O=C(CSc1nc2sc3c(c2c(=O)n1C1CCCC1)CCCC3)Nc1ccccc1Oc1ccccc1. The van der Waals surface area contributed by atoms with Crippen molar-refractivity contribution in [3.8, 4) is 11.5 Å². The topological polar surface area (TPSA) is 73.2 Å². The first-order valence-corrected chi connectivity index (χ1v) is 14.8. The summed E-state index contributed by atoms with van der Waals surface area (Å²) in [7, 11) is 0. The molecule has 0 aliphatic heterocycles. The van der Waals surface area contributed by atoms with Gasteiger partial charge in [-0.1, -0.05) is 54.9 Å². The first-order chi connectivity index (χ1) is 18.2. The van der Waals surface area contributed by atoms with E-state index in [4.69, 9.17) is 9.72 Å². The highest BCUT2D eigenvalue weighted by molar-refractivity contribution is 7.99. The molecule has 1 saturated carbocycles. The lowest BCUT2D eigenvalue weighted by molar-refractivity contribution is -0.113. The van der Waals surface area contributed by atoms with E-state index < -0.39 is 0 Å². The van der Waals surface area contributed by atoms with Gasteiger partial charge in [0.1, 0.15) is 10.6 Å². The molecule has 0 bridgehead atoms. The van der Waals surface area contributed by atoms with Gasteiger partial charge in [-0.2, -0.15) is 0 Å². The summed E-state index contributed by atoms with van der Waals surface area (Å²) in [4.78, 5) is 34.0. The van der Waals surface area contributed by atoms with Crippen LogP contribution in [0.4, 0.5) is 5.69 Å². The molecule has 6 nitrogen and oxygen atoms in total. The van der Waals surface area contributed by atoms with Gasteiger partial charge in [-0.05, 0) is 68.4 Å². The number of hydrogen-bond donors (Lipinski definition) is 1. The zero-order chi connectivity index (χ0) is 25.2. The number of benzene rings is 2. The number of para-hydroxylation sites is 3. The first-order valence-electron chi connectivity index (χ1n) is 13.0. The molecule has 1 N–H and O–H groups in total. The summed E-state index contributed by atoms with van der Waals surface area (Å²) in [6.07, 6.45) is 8.54. The van der Waals surface area contributed by atoms with Gasteiger partial charge < -0.3 is 10.1 Å². The van der Waals surface area contributed by atoms with E-state index in [1.165, 1.54) is 28.6 Å². The van der Waals surface area contributed by atoms with Crippen molar-refractivity contribution in [1.29, 1.82) is 0 Å². The molecular weight excluding hydrogens is 502 g/mol. The molecule has 2 aromatic heterocycles. The lowest BCUT2D eigenvalue weighted by Crippen LogP contribution is -2.27. The summed E-state index contributed by atoms with van der Waals surface area (Å²) in [5.41, 5.74) is 1.92. The van der Waals surface area contributed by atoms with Gasteiger partial charge in [0, 0.05) is 10.9 Å². The molecule has 2 aliphatic rings. The summed E-state index contributed by atoms with van der Waals surface area (Å²) < 4.78 is 7.89. The van der Waals surface area contributed by atoms with Gasteiger partial charge in [0.05, 0.1) is 16.8 Å². The molecule has 6 rings (SSSR count). The maximum atomic E-state index is 13.8. The van der Waals surface area contributed by atoms with E-state index in [0.29, 0.717) is 22.3 Å². The Labute approximate surface area is 224 Å². The molecular formula is C29H29N3O3S2. The van der Waals surface area contributed by atoms with Crippen LogP contribution in [0.25, 0.3) is 10.2 Å². The predicted molar refractivity (Wildman–Crippen MR) is 150 cm³/mol. The Bertz CT molecular complexity index is 1490. The van der Waals surface area contributed by atoms with E-state index >= 15 is 0 Å². The molecule has 2 heterocycles. The van der Waals surface area contributed by atoms with Crippen LogP contribution in [-0.4, -0.2) is 21.2 Å². The number of thioether (sulfide) groups is 1. The Hall–Kier alpha value is -3.10. The molecule has 0 radical (unpaired) electrons. The highest BCUT2D eigenvalue weighted by Gasteiger charge is 2.27. The zero-order valence-electron chi connectivity index (χ0n) is 20.6. The number of aromatic nitrogens is 2. The van der Waals surface area contributed by atoms with Gasteiger partial charge in [0.15, 0.2) is 10.9 Å². The number of amides is 1. The van der Waals surface area contributed by atoms with Crippen molar-refractivity contribution in [1.82, 2.24) is 9.55 Å². The quantitative estimate of drug-likeness (QED) is 0.206. The van der Waals surface area contributed by atoms with Crippen molar-refractivity contribution in [3.63, 3.8) is 0 Å². The molecule has 0 spiro atoms. The van der Waals surface area contributed by atoms with Gasteiger partial charge in [0.25, 0.3) is 5.56 Å². The fourth-order valence-corrected chi connectivity index (χ4v) is 7.54. The van der Waals surface area contributed by atoms with Crippen LogP contribution in [0.5, 0.6) is 11.5 Å². The molecule has 1 amide bonds. The smallest absolute Gasteiger partial charge is 0.263 e. The minimum absolute atomic E-state index is 0.0841. The van der Waals surface area contributed by atoms with Crippen molar-refractivity contribution >= 4 is 44.9 Å². The van der Waals surface area contributed by atoms with Crippen LogP contribution >= 0.6 is 23.1 Å². The number of ether oxygens (including phenoxy) is 1. The predicted octanol–water partition coefficient (Wildman–Crippen LogP) is 6.98. The summed E-state index contributed by atoms with van der Waals surface area (Å²) >= 11 is 3.02. The second-order valence-electron chi connectivity index (χ2n) is 9.65. The number of aryl methyl sites for hydroxylation is 2. The summed E-state index contributed by atoms with van der Waals surface area (Å²) in [6.45, 7) is 0. The zero-order valence-corrected chi connectivity index (χ0v) is 22.2. The van der Waals surface area contributed by atoms with Gasteiger partial charge in [-0.3, -0.25) is 14.2 Å². The number of hydrogen-bond acceptors (Lipinski definition) is 6. The Morgan fingerprint density at radius 1 is 1.03 bits per heavy atom. The van der Waals surface area contributed by atoms with Crippen LogP contribution in [0.2, 0.25) is 0 Å². The lowest BCUT2D eigenvalue weighted by atomic mass is 9.97. The summed E-state index contributed by atoms with van der Waals surface area (Å²) in [5, 5.41) is 4.47. The summed E-state index contributed by atoms with van der Waals surface area (Å²) in [5.74, 6) is 1.29. The van der Waals surface area contributed by atoms with Crippen LogP contribution in [0, 0.1) is 0 Å². The number of nitrogens with one attached hydrogen (secondary N) is 1. The number of carbonyl (C=O) groups excluding carboxylic acids is 1. The van der Waals surface area contributed by atoms with Gasteiger partial charge in [-0.25, -0.2) is 4.98 Å². The van der Waals surface area contributed by atoms with Crippen LogP contribution in [0.15, 0.2) is 64.5 Å². The number of fused-ring (bicyclic) bond motifs is 3. The van der Waals surface area contributed by atoms with Crippen molar-refractivity contribution in [3.05, 3.63) is 75.4 Å². The van der Waals surface area contributed by atoms with Crippen LogP contribution in [0.3, 0.4) is 0 Å². The van der Waals surface area contributed by atoms with Crippen molar-refractivity contribution in [2.45, 2.75) is 62.6 Å². The largest absolute Gasteiger partial charge is 0.455 e. The monoisotopic (exact) mass is 531 g/mol. The number of nitrogens with zero attached hydrogens (tertiary/aromatic N) is 2. The number of rotatable bonds is 7. The van der Waals surface area contributed by atoms with Crippen LogP contribution in [-0.2, 0) is 17.6 Å². The average Bonchev–Trinajstić information content (AvgIpc) is 3.57. The van der Waals surface area contributed by atoms with Crippen LogP contribution < -0.4 is 15.6 Å². The van der Waals surface area contributed by atoms with E-state index in [1.807, 2.05) is 59.2 Å². The van der Waals surface area contributed by atoms with Gasteiger partial charge in [-0.15, -0.1) is 11.3 Å². The Morgan fingerprint density at radius 3 is 2.62 bits per heavy atom. The van der Waals surface area contributed by atoms with Crippen molar-refractivity contribution in [2.24, 2.45) is 0 Å². The Morgan fingerprint density at radius 2 is 1.78 bits per heavy atom. The number of thiophene rings is 1. The van der Waals surface area contributed by atoms with E-state index in [0.717, 1.165) is 55.2 Å². The second-order valence-corrected chi connectivity index (χ2v) is 11.7. The highest BCUT2D eigenvalue weighted by Crippen LogP contribution is 2.37. The molecule has 0 saturated heterocycles. The average molecular weight is 532 g/mol. The summed E-state index contributed by atoms with van der Waals surface area (Å²) in [6, 6.07) is 17.1. The Balaban J connectivity index is 1.25. The third-order valence-corrected chi connectivity index (χ3v) is 9.28. The van der Waals surface area contributed by atoms with Crippen molar-refractivity contribution < 1.29 is 9.53 Å². The molecule has 2 aliphatic carbocycles. The first kappa shape index (κ1) is 24.2. The molecule has 2 aromatic carbocycles. The van der Waals surface area contributed by atoms with E-state index in [1.54, 1.807) is 11.3 Å². The van der Waals surface area contributed by atoms with Crippen molar-refractivity contribution in [2.75, 3.05) is 11.1 Å². The molecule has 0 atom stereocenters. The molecule has 37 heavy (non-hydrogen) atoms. The van der Waals surface area contributed by atoms with E-state index in [-0.39, 0.29) is 23.3 Å². The minimum atomic E-state index is -0.160. The molecule has 4 aromatic rings. The van der Waals surface area contributed by atoms with Gasteiger partial charge in [0.2, 0.25) is 5.91 Å². The maximum absolute atomic E-state index is 13.8. The fourth-order valence-electron chi connectivity index (χ4n) is 5.38. The lowest BCUT2D eigenvalue weighted by Gasteiger charge is -2.18. The van der Waals surface area contributed by atoms with E-state index in [9.17, 15) is 9.59 Å². The molecule has 190 valence electrons. The van der Waals surface area contributed by atoms with Crippen LogP contribution in [0.1, 0.15) is 55.0 Å². The fraction of sp³-hybridized carbons (Fsp3) is 0.345. The standard InChI is InChI=1S/C29H29N3O3S2/c33-25(30-22-15-7-8-16-23(22)35-20-12-2-1-3-13-20)18-36-29-31-27-26(21-14-6-9-17-24(21)37-27)28(34)32(29)19-10-4-5-11-19/h1-3,7-8,12-13,15-16,19H,4-6,9-11,14,17-18H2,(H,30,33). The second kappa shape index (κ2) is 10.7. The number of anilines is 1. The highest BCUT2D eigenvalue weighted by atomic mass is 32.2. The molecule has 1 fully saturated rings. The normalized spacial score (nSPS) is 15.6. The minimum Gasteiger partial charge on any atom is -0.455 e. The molecule has 0 unspecified atom stereocenters. The van der Waals surface area contributed by atoms with Gasteiger partial charge >= 0.3 is 0 Å². The molecule has 8 heteroatoms. The third-order valence-electron chi connectivity index (χ3n) is 7.14.